The fraction of sp³-hybridized carbons (Fsp3) is 0. The third-order valence-corrected chi connectivity index (χ3v) is 2.66. The highest BCUT2D eigenvalue weighted by Crippen LogP contribution is 2.16. The molecule has 0 aromatic heterocycles. The quantitative estimate of drug-likeness (QED) is 0.751. The smallest absolute Gasteiger partial charge is 0.190 e. The summed E-state index contributed by atoms with van der Waals surface area (Å²) in [5, 5.41) is 2.60. The van der Waals surface area contributed by atoms with E-state index in [-0.39, 0.29) is 0 Å². The molecule has 0 heterocycles. The van der Waals surface area contributed by atoms with Crippen molar-refractivity contribution in [2.24, 2.45) is 0 Å². The Balaban J connectivity index is 2.44. The zero-order chi connectivity index (χ0) is 11.6. The summed E-state index contributed by atoms with van der Waals surface area (Å²) in [7, 11) is -4.56. The Hall–Kier alpha value is -1.68. The van der Waals surface area contributed by atoms with Crippen LogP contribution in [0.25, 0.3) is 16.8 Å². The van der Waals surface area contributed by atoms with Gasteiger partial charge in [-0.3, -0.25) is 0 Å². The fourth-order valence-electron chi connectivity index (χ4n) is 1.47. The van der Waals surface area contributed by atoms with Gasteiger partial charge in [0.15, 0.2) is 0 Å². The molecule has 0 unspecified atom stereocenters. The number of halogens is 1. The molecule has 0 bridgehead atoms. The number of fused-ring (bicyclic) bond motifs is 1. The molecule has 0 saturated carbocycles. The minimum Gasteiger partial charge on any atom is -0.190 e. The van der Waals surface area contributed by atoms with Gasteiger partial charge in [0.05, 0.1) is 5.41 Å². The topological polar surface area (TPSA) is 34.1 Å². The van der Waals surface area contributed by atoms with Crippen molar-refractivity contribution in [3.05, 3.63) is 53.4 Å². The van der Waals surface area contributed by atoms with E-state index >= 15 is 0 Å². The largest absolute Gasteiger partial charge is 0.325 e. The SMILES string of the molecule is O=S(=O)(F)/C=C/c1ccc2ccccc2c1. The lowest BCUT2D eigenvalue weighted by molar-refractivity contribution is 0.563. The normalized spacial score (nSPS) is 12.3. The average Bonchev–Trinajstić information content (AvgIpc) is 2.25. The van der Waals surface area contributed by atoms with Crippen molar-refractivity contribution in [2.75, 3.05) is 0 Å². The van der Waals surface area contributed by atoms with E-state index in [4.69, 9.17) is 0 Å². The highest BCUT2D eigenvalue weighted by atomic mass is 32.3. The van der Waals surface area contributed by atoms with Gasteiger partial charge in [-0.15, -0.1) is 3.89 Å². The summed E-state index contributed by atoms with van der Waals surface area (Å²) in [6.45, 7) is 0. The minimum atomic E-state index is -4.56. The van der Waals surface area contributed by atoms with Crippen molar-refractivity contribution < 1.29 is 12.3 Å². The molecule has 16 heavy (non-hydrogen) atoms. The molecule has 2 nitrogen and oxygen atoms in total. The Morgan fingerprint density at radius 3 is 2.38 bits per heavy atom. The van der Waals surface area contributed by atoms with Gasteiger partial charge in [-0.05, 0) is 28.5 Å². The Morgan fingerprint density at radius 1 is 1.00 bits per heavy atom. The molecule has 82 valence electrons. The summed E-state index contributed by atoms with van der Waals surface area (Å²) < 4.78 is 32.9. The van der Waals surface area contributed by atoms with Crippen LogP contribution < -0.4 is 0 Å². The molecule has 2 rings (SSSR count). The second kappa shape index (κ2) is 4.06. The Labute approximate surface area is 93.2 Å². The van der Waals surface area contributed by atoms with E-state index in [0.29, 0.717) is 11.0 Å². The highest BCUT2D eigenvalue weighted by Gasteiger charge is 1.99. The minimum absolute atomic E-state index is 0.553. The molecule has 0 aliphatic carbocycles. The van der Waals surface area contributed by atoms with Crippen molar-refractivity contribution in [3.8, 4) is 0 Å². The zero-order valence-electron chi connectivity index (χ0n) is 8.30. The molecule has 2 aromatic rings. The summed E-state index contributed by atoms with van der Waals surface area (Å²) in [5.41, 5.74) is 0.653. The molecule has 0 aliphatic heterocycles. The molecule has 0 spiro atoms. The van der Waals surface area contributed by atoms with E-state index in [2.05, 4.69) is 0 Å². The molecule has 0 aliphatic rings. The average molecular weight is 236 g/mol. The van der Waals surface area contributed by atoms with E-state index in [1.807, 2.05) is 30.3 Å². The first-order valence-electron chi connectivity index (χ1n) is 4.66. The molecule has 0 saturated heterocycles. The van der Waals surface area contributed by atoms with Crippen molar-refractivity contribution in [1.29, 1.82) is 0 Å². The van der Waals surface area contributed by atoms with Gasteiger partial charge in [0, 0.05) is 0 Å². The summed E-state index contributed by atoms with van der Waals surface area (Å²) in [4.78, 5) is 0. The fourth-order valence-corrected chi connectivity index (χ4v) is 1.79. The van der Waals surface area contributed by atoms with Gasteiger partial charge in [0.2, 0.25) is 0 Å². The van der Waals surface area contributed by atoms with E-state index in [9.17, 15) is 12.3 Å². The molecule has 0 amide bonds. The van der Waals surface area contributed by atoms with Crippen LogP contribution in [0.2, 0.25) is 0 Å². The van der Waals surface area contributed by atoms with Crippen molar-refractivity contribution in [3.63, 3.8) is 0 Å². The van der Waals surface area contributed by atoms with Gasteiger partial charge in [-0.2, -0.15) is 8.42 Å². The molecule has 2 aromatic carbocycles. The van der Waals surface area contributed by atoms with Crippen molar-refractivity contribution in [2.45, 2.75) is 0 Å². The summed E-state index contributed by atoms with van der Waals surface area (Å²) in [6.07, 6.45) is 1.24. The molecule has 4 heteroatoms. The van der Waals surface area contributed by atoms with Gasteiger partial charge >= 0.3 is 10.2 Å². The maximum Gasteiger partial charge on any atom is 0.325 e. The molecule has 0 N–H and O–H groups in total. The van der Waals surface area contributed by atoms with Gasteiger partial charge in [-0.25, -0.2) is 0 Å². The van der Waals surface area contributed by atoms with Crippen LogP contribution in [0.4, 0.5) is 3.89 Å². The van der Waals surface area contributed by atoms with Gasteiger partial charge < -0.3 is 0 Å². The third-order valence-electron chi connectivity index (χ3n) is 2.20. The predicted octanol–water partition coefficient (Wildman–Crippen LogP) is 3.11. The first kappa shape index (κ1) is 10.8. The summed E-state index contributed by atoms with van der Waals surface area (Å²) in [5.74, 6) is 0. The van der Waals surface area contributed by atoms with Gasteiger partial charge in [0.25, 0.3) is 0 Å². The maximum atomic E-state index is 12.3. The number of benzene rings is 2. The third kappa shape index (κ3) is 2.67. The monoisotopic (exact) mass is 236 g/mol. The molecule has 0 radical (unpaired) electrons. The molecule has 0 atom stereocenters. The van der Waals surface area contributed by atoms with E-state index in [0.717, 1.165) is 10.8 Å². The van der Waals surface area contributed by atoms with Crippen LogP contribution in [-0.2, 0) is 10.2 Å². The van der Waals surface area contributed by atoms with Crippen LogP contribution >= 0.6 is 0 Å². The number of rotatable bonds is 2. The Bertz CT molecular complexity index is 645. The highest BCUT2D eigenvalue weighted by molar-refractivity contribution is 7.89. The first-order valence-corrected chi connectivity index (χ1v) is 6.11. The van der Waals surface area contributed by atoms with Crippen LogP contribution in [-0.4, -0.2) is 8.42 Å². The van der Waals surface area contributed by atoms with Crippen molar-refractivity contribution in [1.82, 2.24) is 0 Å². The molecular formula is C12H9FO2S. The standard InChI is InChI=1S/C12H9FO2S/c13-16(14,15)8-7-10-5-6-11-3-1-2-4-12(11)9-10/h1-9H/b8-7+. The van der Waals surface area contributed by atoms with Crippen LogP contribution in [0.3, 0.4) is 0 Å². The Morgan fingerprint density at radius 2 is 1.69 bits per heavy atom. The zero-order valence-corrected chi connectivity index (χ0v) is 9.12. The van der Waals surface area contributed by atoms with E-state index in [1.165, 1.54) is 6.08 Å². The van der Waals surface area contributed by atoms with Crippen LogP contribution in [0.1, 0.15) is 5.56 Å². The molecule has 0 fully saturated rings. The predicted molar refractivity (Wildman–Crippen MR) is 63.0 cm³/mol. The van der Waals surface area contributed by atoms with Crippen LogP contribution in [0, 0.1) is 0 Å². The first-order chi connectivity index (χ1) is 7.54. The van der Waals surface area contributed by atoms with Crippen LogP contribution in [0.5, 0.6) is 0 Å². The maximum absolute atomic E-state index is 12.3. The Kier molecular flexibility index (Phi) is 2.75. The van der Waals surface area contributed by atoms with E-state index in [1.54, 1.807) is 12.1 Å². The second-order valence-corrected chi connectivity index (χ2v) is 4.61. The number of hydrogen-bond donors (Lipinski definition) is 0. The van der Waals surface area contributed by atoms with E-state index < -0.39 is 10.2 Å². The summed E-state index contributed by atoms with van der Waals surface area (Å²) in [6, 6.07) is 13.1. The van der Waals surface area contributed by atoms with Crippen LogP contribution in [0.15, 0.2) is 47.9 Å². The van der Waals surface area contributed by atoms with Gasteiger partial charge in [0.1, 0.15) is 0 Å². The number of hydrogen-bond acceptors (Lipinski definition) is 2. The lowest BCUT2D eigenvalue weighted by Gasteiger charge is -1.98. The molecular weight excluding hydrogens is 227 g/mol. The van der Waals surface area contributed by atoms with Gasteiger partial charge in [-0.1, -0.05) is 36.4 Å². The summed E-state index contributed by atoms with van der Waals surface area (Å²) >= 11 is 0. The lowest BCUT2D eigenvalue weighted by atomic mass is 10.1. The van der Waals surface area contributed by atoms with Crippen molar-refractivity contribution >= 4 is 27.1 Å². The lowest BCUT2D eigenvalue weighted by Crippen LogP contribution is -1.81. The second-order valence-electron chi connectivity index (χ2n) is 3.38.